The molecule has 0 heterocycles. The van der Waals surface area contributed by atoms with Gasteiger partial charge in [0.2, 0.25) is 0 Å². The Labute approximate surface area is 65.9 Å². The van der Waals surface area contributed by atoms with E-state index in [1.807, 2.05) is 6.92 Å². The third-order valence-electron chi connectivity index (χ3n) is 1.32. The van der Waals surface area contributed by atoms with E-state index >= 15 is 0 Å². The molecule has 5 heteroatoms. The minimum absolute atomic E-state index is 0.143. The van der Waals surface area contributed by atoms with Crippen molar-refractivity contribution in [2.24, 2.45) is 10.9 Å². The smallest absolute Gasteiger partial charge is 0.153 e. The summed E-state index contributed by atoms with van der Waals surface area (Å²) < 4.78 is 0. The molecule has 0 saturated heterocycles. The molecular weight excluding hydrogens is 146 g/mol. The average Bonchev–Trinajstić information content (AvgIpc) is 2.01. The number of nitrogens with zero attached hydrogens (tertiary/aromatic N) is 1. The number of nitrogens with two attached hydrogens (primary N) is 1. The molecule has 5 N–H and O–H groups in total. The molecular formula is C6H15N3O2. The Balaban J connectivity index is 3.37. The van der Waals surface area contributed by atoms with E-state index in [4.69, 9.17) is 16.0 Å². The van der Waals surface area contributed by atoms with Crippen LogP contribution in [-0.2, 0) is 0 Å². The van der Waals surface area contributed by atoms with Crippen LogP contribution in [0.25, 0.3) is 0 Å². The maximum Gasteiger partial charge on any atom is 0.153 e. The molecule has 0 amide bonds. The predicted octanol–water partition coefficient (Wildman–Crippen LogP) is -0.907. The molecule has 0 rings (SSSR count). The van der Waals surface area contributed by atoms with Crippen LogP contribution >= 0.6 is 0 Å². The predicted molar refractivity (Wildman–Crippen MR) is 42.6 cm³/mol. The van der Waals surface area contributed by atoms with E-state index in [1.54, 1.807) is 0 Å². The second kappa shape index (κ2) is 5.94. The lowest BCUT2D eigenvalue weighted by molar-refractivity contribution is 0.270. The Kier molecular flexibility index (Phi) is 5.50. The summed E-state index contributed by atoms with van der Waals surface area (Å²) in [5.41, 5.74) is 5.19. The van der Waals surface area contributed by atoms with Gasteiger partial charge in [-0.1, -0.05) is 5.16 Å². The molecule has 1 unspecified atom stereocenters. The second-order valence-electron chi connectivity index (χ2n) is 2.39. The van der Waals surface area contributed by atoms with Crippen LogP contribution in [0.15, 0.2) is 5.16 Å². The third-order valence-corrected chi connectivity index (χ3v) is 1.32. The summed E-state index contributed by atoms with van der Waals surface area (Å²) in [5, 5.41) is 22.4. The summed E-state index contributed by atoms with van der Waals surface area (Å²) in [6.07, 6.45) is 0.665. The van der Waals surface area contributed by atoms with Gasteiger partial charge in [-0.25, -0.2) is 0 Å². The van der Waals surface area contributed by atoms with Crippen molar-refractivity contribution in [3.63, 3.8) is 0 Å². The van der Waals surface area contributed by atoms with E-state index in [9.17, 15) is 0 Å². The molecule has 66 valence electrons. The Bertz CT molecular complexity index is 127. The number of hydrogen-bond acceptors (Lipinski definition) is 4. The fourth-order valence-corrected chi connectivity index (χ4v) is 0.610. The van der Waals surface area contributed by atoms with Crippen molar-refractivity contribution in [3.05, 3.63) is 0 Å². The van der Waals surface area contributed by atoms with Gasteiger partial charge in [-0.15, -0.1) is 0 Å². The number of rotatable bonds is 5. The summed E-state index contributed by atoms with van der Waals surface area (Å²) in [4.78, 5) is 0. The van der Waals surface area contributed by atoms with Gasteiger partial charge in [0.25, 0.3) is 0 Å². The Hall–Kier alpha value is -0.810. The molecule has 0 radical (unpaired) electrons. The van der Waals surface area contributed by atoms with Crippen molar-refractivity contribution in [3.8, 4) is 0 Å². The van der Waals surface area contributed by atoms with Gasteiger partial charge in [-0.2, -0.15) is 0 Å². The zero-order chi connectivity index (χ0) is 8.69. The lowest BCUT2D eigenvalue weighted by Gasteiger charge is -2.10. The van der Waals surface area contributed by atoms with E-state index in [-0.39, 0.29) is 18.5 Å². The van der Waals surface area contributed by atoms with Crippen LogP contribution < -0.4 is 11.1 Å². The molecule has 0 aromatic heterocycles. The number of oxime groups is 1. The summed E-state index contributed by atoms with van der Waals surface area (Å²) in [6.45, 7) is 2.41. The van der Waals surface area contributed by atoms with E-state index in [2.05, 4.69) is 10.5 Å². The Morgan fingerprint density at radius 3 is 2.82 bits per heavy atom. The highest BCUT2D eigenvalue weighted by molar-refractivity contribution is 5.81. The largest absolute Gasteiger partial charge is 0.409 e. The van der Waals surface area contributed by atoms with Gasteiger partial charge in [0.15, 0.2) is 5.84 Å². The summed E-state index contributed by atoms with van der Waals surface area (Å²) in [5.74, 6) is 0.148. The first-order valence-corrected chi connectivity index (χ1v) is 3.51. The summed E-state index contributed by atoms with van der Waals surface area (Å²) in [6, 6.07) is 0.181. The number of nitrogens with one attached hydrogen (secondary N) is 1. The zero-order valence-electron chi connectivity index (χ0n) is 6.62. The van der Waals surface area contributed by atoms with Gasteiger partial charge < -0.3 is 21.4 Å². The fourth-order valence-electron chi connectivity index (χ4n) is 0.610. The van der Waals surface area contributed by atoms with Crippen molar-refractivity contribution in [2.45, 2.75) is 19.4 Å². The van der Waals surface area contributed by atoms with Crippen LogP contribution in [0.2, 0.25) is 0 Å². The molecule has 0 aliphatic heterocycles. The first-order chi connectivity index (χ1) is 5.20. The highest BCUT2D eigenvalue weighted by atomic mass is 16.4. The number of hydrogen-bond donors (Lipinski definition) is 4. The van der Waals surface area contributed by atoms with Crippen LogP contribution in [0.3, 0.4) is 0 Å². The number of aliphatic hydroxyl groups is 1. The van der Waals surface area contributed by atoms with Crippen molar-refractivity contribution in [1.29, 1.82) is 0 Å². The second-order valence-corrected chi connectivity index (χ2v) is 2.39. The summed E-state index contributed by atoms with van der Waals surface area (Å²) in [7, 11) is 0. The Morgan fingerprint density at radius 2 is 2.36 bits per heavy atom. The minimum atomic E-state index is 0.143. The van der Waals surface area contributed by atoms with Crippen LogP contribution in [0, 0.1) is 0 Å². The van der Waals surface area contributed by atoms with E-state index < -0.39 is 0 Å². The van der Waals surface area contributed by atoms with Crippen LogP contribution in [0.4, 0.5) is 0 Å². The molecule has 0 aromatic carbocycles. The Morgan fingerprint density at radius 1 is 1.73 bits per heavy atom. The number of aliphatic hydroxyl groups excluding tert-OH is 1. The van der Waals surface area contributed by atoms with Gasteiger partial charge >= 0.3 is 0 Å². The molecule has 11 heavy (non-hydrogen) atoms. The summed E-state index contributed by atoms with van der Waals surface area (Å²) >= 11 is 0. The molecule has 1 atom stereocenters. The highest BCUT2D eigenvalue weighted by Gasteiger charge is 2.00. The topological polar surface area (TPSA) is 90.9 Å². The molecule has 5 nitrogen and oxygen atoms in total. The first kappa shape index (κ1) is 10.2. The van der Waals surface area contributed by atoms with Gasteiger partial charge in [-0.3, -0.25) is 0 Å². The number of amidine groups is 1. The minimum Gasteiger partial charge on any atom is -0.409 e. The van der Waals surface area contributed by atoms with E-state index in [1.165, 1.54) is 0 Å². The third kappa shape index (κ3) is 5.63. The SMILES string of the molecule is CC(CCO)NCC(N)=NO. The maximum absolute atomic E-state index is 8.51. The lowest BCUT2D eigenvalue weighted by Crippen LogP contribution is -2.35. The van der Waals surface area contributed by atoms with Gasteiger partial charge in [-0.05, 0) is 13.3 Å². The van der Waals surface area contributed by atoms with Crippen molar-refractivity contribution in [2.75, 3.05) is 13.2 Å². The molecule has 0 bridgehead atoms. The van der Waals surface area contributed by atoms with E-state index in [0.29, 0.717) is 13.0 Å². The molecule has 0 aliphatic carbocycles. The van der Waals surface area contributed by atoms with Crippen LogP contribution in [-0.4, -0.2) is 35.3 Å². The average molecular weight is 161 g/mol. The monoisotopic (exact) mass is 161 g/mol. The lowest BCUT2D eigenvalue weighted by atomic mass is 10.2. The van der Waals surface area contributed by atoms with Gasteiger partial charge in [0.1, 0.15) is 0 Å². The van der Waals surface area contributed by atoms with E-state index in [0.717, 1.165) is 0 Å². The molecule has 0 saturated carbocycles. The molecule has 0 fully saturated rings. The molecule has 0 spiro atoms. The van der Waals surface area contributed by atoms with Gasteiger partial charge in [0.05, 0.1) is 6.54 Å². The normalized spacial score (nSPS) is 14.9. The maximum atomic E-state index is 8.51. The van der Waals surface area contributed by atoms with Crippen molar-refractivity contribution < 1.29 is 10.3 Å². The van der Waals surface area contributed by atoms with Crippen LogP contribution in [0.5, 0.6) is 0 Å². The molecule has 0 aromatic rings. The zero-order valence-corrected chi connectivity index (χ0v) is 6.62. The van der Waals surface area contributed by atoms with Gasteiger partial charge in [0, 0.05) is 12.6 Å². The van der Waals surface area contributed by atoms with Crippen molar-refractivity contribution >= 4 is 5.84 Å². The van der Waals surface area contributed by atoms with Crippen LogP contribution in [0.1, 0.15) is 13.3 Å². The first-order valence-electron chi connectivity index (χ1n) is 3.51. The molecule has 0 aliphatic rings. The highest BCUT2D eigenvalue weighted by Crippen LogP contribution is 1.86. The standard InChI is InChI=1S/C6H15N3O2/c1-5(2-3-10)8-4-6(7)9-11/h5,8,10-11H,2-4H2,1H3,(H2,7,9). The van der Waals surface area contributed by atoms with Crippen molar-refractivity contribution in [1.82, 2.24) is 5.32 Å². The fraction of sp³-hybridized carbons (Fsp3) is 0.833. The quantitative estimate of drug-likeness (QED) is 0.182.